The van der Waals surface area contributed by atoms with E-state index >= 15 is 8.78 Å². The van der Waals surface area contributed by atoms with Gasteiger partial charge in [-0.15, -0.1) is 0 Å². The number of hydrogen-bond acceptors (Lipinski definition) is 13. The first kappa shape index (κ1) is 44.2. The quantitative estimate of drug-likeness (QED) is 0.205. The highest BCUT2D eigenvalue weighted by molar-refractivity contribution is 6.04. The summed E-state index contributed by atoms with van der Waals surface area (Å²) < 4.78 is 35.7. The Bertz CT molecular complexity index is 2290. The van der Waals surface area contributed by atoms with Crippen LogP contribution in [0.15, 0.2) is 48.7 Å². The highest BCUT2D eigenvalue weighted by Crippen LogP contribution is 2.40. The number of amides is 6. The number of imide groups is 1. The van der Waals surface area contributed by atoms with Crippen LogP contribution < -0.4 is 40.7 Å². The van der Waals surface area contributed by atoms with E-state index in [1.165, 1.54) is 25.3 Å². The molecule has 3 aromatic rings. The van der Waals surface area contributed by atoms with Crippen LogP contribution in [0.5, 0.6) is 5.75 Å². The van der Waals surface area contributed by atoms with Gasteiger partial charge in [0.1, 0.15) is 17.5 Å². The maximum Gasteiger partial charge on any atom is 0.342 e. The van der Waals surface area contributed by atoms with Gasteiger partial charge in [0.05, 0.1) is 32.1 Å². The van der Waals surface area contributed by atoms with Crippen molar-refractivity contribution in [3.63, 3.8) is 0 Å². The predicted octanol–water partition coefficient (Wildman–Crippen LogP) is 2.67. The molecule has 5 aliphatic rings. The van der Waals surface area contributed by atoms with Gasteiger partial charge in [0.15, 0.2) is 5.82 Å². The van der Waals surface area contributed by atoms with Crippen molar-refractivity contribution in [1.29, 1.82) is 0 Å². The lowest BCUT2D eigenvalue weighted by Crippen LogP contribution is -2.52. The number of likely N-dealkylation sites (tertiary alicyclic amines) is 1. The Kier molecular flexibility index (Phi) is 12.9. The van der Waals surface area contributed by atoms with Crippen molar-refractivity contribution in [2.75, 3.05) is 86.5 Å². The summed E-state index contributed by atoms with van der Waals surface area (Å²) in [6, 6.07) is 11.0. The van der Waals surface area contributed by atoms with E-state index in [2.05, 4.69) is 41.0 Å². The van der Waals surface area contributed by atoms with Gasteiger partial charge in [0.2, 0.25) is 23.7 Å². The van der Waals surface area contributed by atoms with E-state index in [4.69, 9.17) is 4.74 Å². The molecule has 0 bridgehead atoms. The topological polar surface area (TPSA) is 202 Å². The number of aromatic nitrogens is 2. The number of carbonyl (C=O) groups excluding carboxylic acids is 6. The maximum atomic E-state index is 15.0. The first-order valence-electron chi connectivity index (χ1n) is 21.8. The van der Waals surface area contributed by atoms with Crippen molar-refractivity contribution in [3.05, 3.63) is 59.8 Å². The lowest BCUT2D eigenvalue weighted by molar-refractivity contribution is -0.140. The third-order valence-electron chi connectivity index (χ3n) is 12.8. The molecule has 1 atom stereocenters. The van der Waals surface area contributed by atoms with Crippen LogP contribution in [-0.2, 0) is 19.2 Å². The number of alkyl halides is 2. The number of carbonyl (C=O) groups is 6. The number of rotatable bonds is 11. The van der Waals surface area contributed by atoms with Gasteiger partial charge in [-0.25, -0.2) is 4.98 Å². The number of ether oxygens (including phenoxy) is 1. The summed E-state index contributed by atoms with van der Waals surface area (Å²) >= 11 is 0. The van der Waals surface area contributed by atoms with Crippen LogP contribution >= 0.6 is 0 Å². The van der Waals surface area contributed by atoms with Crippen LogP contribution in [0.3, 0.4) is 0 Å². The van der Waals surface area contributed by atoms with Crippen LogP contribution in [0.1, 0.15) is 72.1 Å². The molecule has 1 saturated carbocycles. The Labute approximate surface area is 369 Å². The largest absolute Gasteiger partial charge is 0.495 e. The Balaban J connectivity index is 0.804. The van der Waals surface area contributed by atoms with Crippen LogP contribution in [0.2, 0.25) is 0 Å². The van der Waals surface area contributed by atoms with Crippen LogP contribution in [0.4, 0.5) is 37.6 Å². The number of piperazine rings is 1. The van der Waals surface area contributed by atoms with E-state index in [0.29, 0.717) is 74.7 Å². The summed E-state index contributed by atoms with van der Waals surface area (Å²) in [5.74, 6) is -5.70. The van der Waals surface area contributed by atoms with Crippen LogP contribution in [-0.4, -0.2) is 146 Å². The molecule has 1 aliphatic carbocycles. The maximum absolute atomic E-state index is 15.0. The van der Waals surface area contributed by atoms with E-state index in [0.717, 1.165) is 36.3 Å². The van der Waals surface area contributed by atoms with Gasteiger partial charge in [-0.2, -0.15) is 13.8 Å². The number of nitrogens with zero attached hydrogens (tertiary/aromatic N) is 7. The van der Waals surface area contributed by atoms with Gasteiger partial charge in [-0.1, -0.05) is 18.9 Å². The number of anilines is 5. The molecule has 3 saturated heterocycles. The second-order valence-electron chi connectivity index (χ2n) is 17.0. The van der Waals surface area contributed by atoms with Gasteiger partial charge in [-0.05, 0) is 68.5 Å². The molecule has 1 aromatic heterocycles. The summed E-state index contributed by atoms with van der Waals surface area (Å²) in [6.07, 6.45) is 6.23. The molecule has 64 heavy (non-hydrogen) atoms. The Hall–Kier alpha value is -6.44. The van der Waals surface area contributed by atoms with Crippen molar-refractivity contribution in [2.24, 2.45) is 0 Å². The number of nitrogens with one attached hydrogen (secondary N) is 4. The molecule has 18 nitrogen and oxygen atoms in total. The highest BCUT2D eigenvalue weighted by atomic mass is 19.3. The molecule has 340 valence electrons. The third kappa shape index (κ3) is 9.70. The standard InChI is InChI=1S/C44H53F2N11O7/c1-53-34-24-47-43(52-38(34)57(30-7-3-4-8-30)26-44(45,46)42(53)63)50-32-11-10-28(23-35(32)64-2)39(60)48-29-14-16-56(17-15-29)37(59)25-54-18-20-55(21-19-54)31-9-5-6-27(22-31)40(61)49-33-12-13-36(58)51-41(33)62/h5-6,9-11,22-24,29-30,33H,3-4,7-8,12-21,25-26H2,1-2H3,(H,48,60)(H,49,61)(H,47,50,52)(H,51,58,62). The molecular formula is C44H53F2N11O7. The fraction of sp³-hybridized carbons (Fsp3) is 0.500. The molecule has 4 fully saturated rings. The number of methoxy groups -OCH3 is 1. The molecule has 20 heteroatoms. The third-order valence-corrected chi connectivity index (χ3v) is 12.8. The Morgan fingerprint density at radius 2 is 1.61 bits per heavy atom. The summed E-state index contributed by atoms with van der Waals surface area (Å²) in [4.78, 5) is 93.5. The predicted molar refractivity (Wildman–Crippen MR) is 232 cm³/mol. The lowest BCUT2D eigenvalue weighted by atomic mass is 10.0. The fourth-order valence-corrected chi connectivity index (χ4v) is 9.07. The summed E-state index contributed by atoms with van der Waals surface area (Å²) in [6.45, 7) is 3.15. The molecule has 0 radical (unpaired) electrons. The lowest BCUT2D eigenvalue weighted by Gasteiger charge is -2.38. The number of hydrogen-bond donors (Lipinski definition) is 4. The fourth-order valence-electron chi connectivity index (χ4n) is 9.07. The molecule has 5 heterocycles. The van der Waals surface area contributed by atoms with Crippen molar-refractivity contribution >= 4 is 64.3 Å². The normalized spacial score (nSPS) is 20.9. The zero-order valence-electron chi connectivity index (χ0n) is 35.9. The molecule has 4 N–H and O–H groups in total. The minimum atomic E-state index is -3.59. The van der Waals surface area contributed by atoms with Crippen LogP contribution in [0, 0.1) is 0 Å². The Morgan fingerprint density at radius 1 is 0.891 bits per heavy atom. The van der Waals surface area contributed by atoms with Gasteiger partial charge >= 0.3 is 5.92 Å². The number of piperidine rings is 2. The van der Waals surface area contributed by atoms with Crippen molar-refractivity contribution < 1.29 is 42.3 Å². The van der Waals surface area contributed by atoms with Crippen molar-refractivity contribution in [1.82, 2.24) is 35.7 Å². The van der Waals surface area contributed by atoms with Crippen LogP contribution in [0.25, 0.3) is 0 Å². The zero-order valence-corrected chi connectivity index (χ0v) is 35.9. The van der Waals surface area contributed by atoms with E-state index in [1.807, 2.05) is 11.0 Å². The van der Waals surface area contributed by atoms with Crippen molar-refractivity contribution in [2.45, 2.75) is 75.4 Å². The monoisotopic (exact) mass is 885 g/mol. The minimum absolute atomic E-state index is 0.0290. The second-order valence-corrected chi connectivity index (χ2v) is 17.0. The SMILES string of the molecule is COc1cc(C(=O)NC2CCN(C(=O)CN3CCN(c4cccc(C(=O)NC5CCC(=O)NC5=O)c4)CC3)CC2)ccc1Nc1ncc2c(n1)N(C1CCCC1)CC(F)(F)C(=O)N2C. The number of halogens is 2. The first-order chi connectivity index (χ1) is 30.8. The van der Waals surface area contributed by atoms with Gasteiger partial charge in [-0.3, -0.25) is 39.0 Å². The van der Waals surface area contributed by atoms with E-state index in [1.54, 1.807) is 36.4 Å². The summed E-state index contributed by atoms with van der Waals surface area (Å²) in [5.41, 5.74) is 2.29. The minimum Gasteiger partial charge on any atom is -0.495 e. The van der Waals surface area contributed by atoms with Gasteiger partial charge in [0, 0.05) is 81.6 Å². The second kappa shape index (κ2) is 18.7. The summed E-state index contributed by atoms with van der Waals surface area (Å²) in [5, 5.41) is 11.2. The molecule has 1 unspecified atom stereocenters. The van der Waals surface area contributed by atoms with Crippen molar-refractivity contribution in [3.8, 4) is 5.75 Å². The molecular weight excluding hydrogens is 833 g/mol. The smallest absolute Gasteiger partial charge is 0.342 e. The zero-order chi connectivity index (χ0) is 45.1. The Morgan fingerprint density at radius 3 is 2.33 bits per heavy atom. The summed E-state index contributed by atoms with van der Waals surface area (Å²) in [7, 11) is 2.77. The number of fused-ring (bicyclic) bond motifs is 1. The average Bonchev–Trinajstić information content (AvgIpc) is 3.82. The molecule has 8 rings (SSSR count). The van der Waals surface area contributed by atoms with Gasteiger partial charge in [0.25, 0.3) is 17.7 Å². The average molecular weight is 886 g/mol. The molecule has 6 amide bonds. The molecule has 2 aromatic carbocycles. The molecule has 4 aliphatic heterocycles. The van der Waals surface area contributed by atoms with E-state index in [-0.39, 0.29) is 72.6 Å². The van der Waals surface area contributed by atoms with E-state index in [9.17, 15) is 28.8 Å². The van der Waals surface area contributed by atoms with E-state index < -0.39 is 30.3 Å². The molecule has 0 spiro atoms. The highest BCUT2D eigenvalue weighted by Gasteiger charge is 2.49. The number of benzene rings is 2. The van der Waals surface area contributed by atoms with Gasteiger partial charge < -0.3 is 40.3 Å². The first-order valence-corrected chi connectivity index (χ1v) is 21.8.